The highest BCUT2D eigenvalue weighted by molar-refractivity contribution is 7.12. The molecule has 0 unspecified atom stereocenters. The maximum absolute atomic E-state index is 13.8. The number of furan rings is 1. The van der Waals surface area contributed by atoms with Gasteiger partial charge in [0.1, 0.15) is 4.88 Å². The van der Waals surface area contributed by atoms with Crippen LogP contribution in [0.2, 0.25) is 0 Å². The molecule has 118 valence electrons. The Hall–Kier alpha value is -2.67. The maximum Gasteiger partial charge on any atom is 0.350 e. The molecule has 1 amide bonds. The second-order valence-electron chi connectivity index (χ2n) is 4.78. The van der Waals surface area contributed by atoms with E-state index in [1.165, 1.54) is 13.2 Å². The van der Waals surface area contributed by atoms with Gasteiger partial charge in [-0.1, -0.05) is 12.1 Å². The van der Waals surface area contributed by atoms with Gasteiger partial charge in [0.05, 0.1) is 12.8 Å². The van der Waals surface area contributed by atoms with E-state index >= 15 is 0 Å². The predicted molar refractivity (Wildman–Crippen MR) is 84.5 cm³/mol. The summed E-state index contributed by atoms with van der Waals surface area (Å²) in [6, 6.07) is 6.09. The summed E-state index contributed by atoms with van der Waals surface area (Å²) in [5.41, 5.74) is 0.896. The molecule has 0 atom stereocenters. The number of esters is 1. The Morgan fingerprint density at radius 2 is 2.09 bits per heavy atom. The molecule has 2 heterocycles. The van der Waals surface area contributed by atoms with Gasteiger partial charge in [-0.05, 0) is 24.4 Å². The SMILES string of the molecule is COC(=O)c1sccc1NC(=O)c1oc2c(F)cccc2c1C. The topological polar surface area (TPSA) is 68.5 Å². The van der Waals surface area contributed by atoms with Crippen molar-refractivity contribution in [3.63, 3.8) is 0 Å². The first-order valence-corrected chi connectivity index (χ1v) is 7.55. The summed E-state index contributed by atoms with van der Waals surface area (Å²) in [5, 5.41) is 4.79. The maximum atomic E-state index is 13.8. The second-order valence-corrected chi connectivity index (χ2v) is 5.70. The normalized spacial score (nSPS) is 10.7. The fourth-order valence-corrected chi connectivity index (χ4v) is 3.03. The van der Waals surface area contributed by atoms with Gasteiger partial charge in [0.25, 0.3) is 5.91 Å². The van der Waals surface area contributed by atoms with Crippen LogP contribution in [-0.2, 0) is 4.74 Å². The molecule has 0 bridgehead atoms. The number of thiophene rings is 1. The highest BCUT2D eigenvalue weighted by atomic mass is 32.1. The smallest absolute Gasteiger partial charge is 0.350 e. The quantitative estimate of drug-likeness (QED) is 0.736. The average molecular weight is 333 g/mol. The molecule has 0 saturated heterocycles. The van der Waals surface area contributed by atoms with Crippen molar-refractivity contribution in [3.05, 3.63) is 51.7 Å². The Morgan fingerprint density at radius 3 is 2.78 bits per heavy atom. The van der Waals surface area contributed by atoms with Gasteiger partial charge in [0.15, 0.2) is 17.2 Å². The number of para-hydroxylation sites is 1. The molecule has 23 heavy (non-hydrogen) atoms. The second kappa shape index (κ2) is 5.85. The number of hydrogen-bond donors (Lipinski definition) is 1. The fraction of sp³-hybridized carbons (Fsp3) is 0.125. The first-order chi connectivity index (χ1) is 11.0. The summed E-state index contributed by atoms with van der Waals surface area (Å²) in [6.07, 6.45) is 0. The molecule has 0 fully saturated rings. The van der Waals surface area contributed by atoms with Crippen LogP contribution in [0.15, 0.2) is 34.1 Å². The molecule has 3 rings (SSSR count). The van der Waals surface area contributed by atoms with Crippen LogP contribution in [0.4, 0.5) is 10.1 Å². The van der Waals surface area contributed by atoms with Crippen molar-refractivity contribution < 1.29 is 23.1 Å². The molecule has 0 radical (unpaired) electrons. The minimum absolute atomic E-state index is 0.00659. The van der Waals surface area contributed by atoms with Gasteiger partial charge in [0, 0.05) is 10.9 Å². The largest absolute Gasteiger partial charge is 0.465 e. The van der Waals surface area contributed by atoms with Gasteiger partial charge >= 0.3 is 5.97 Å². The van der Waals surface area contributed by atoms with Gasteiger partial charge in [-0.15, -0.1) is 11.3 Å². The number of fused-ring (bicyclic) bond motifs is 1. The van der Waals surface area contributed by atoms with Crippen molar-refractivity contribution in [1.29, 1.82) is 0 Å². The van der Waals surface area contributed by atoms with Crippen LogP contribution in [0, 0.1) is 12.7 Å². The van der Waals surface area contributed by atoms with E-state index in [4.69, 9.17) is 4.42 Å². The van der Waals surface area contributed by atoms with E-state index in [1.54, 1.807) is 30.5 Å². The molecule has 1 N–H and O–H groups in total. The number of halogens is 1. The van der Waals surface area contributed by atoms with Crippen LogP contribution in [-0.4, -0.2) is 19.0 Å². The van der Waals surface area contributed by atoms with Gasteiger partial charge in [-0.25, -0.2) is 9.18 Å². The summed E-state index contributed by atoms with van der Waals surface area (Å²) < 4.78 is 23.8. The third-order valence-electron chi connectivity index (χ3n) is 3.41. The lowest BCUT2D eigenvalue weighted by atomic mass is 10.1. The van der Waals surface area contributed by atoms with E-state index in [-0.39, 0.29) is 16.2 Å². The zero-order valence-corrected chi connectivity index (χ0v) is 13.1. The Kier molecular flexibility index (Phi) is 3.87. The summed E-state index contributed by atoms with van der Waals surface area (Å²) in [7, 11) is 1.26. The summed E-state index contributed by atoms with van der Waals surface area (Å²) in [6.45, 7) is 1.68. The number of nitrogens with one attached hydrogen (secondary N) is 1. The number of rotatable bonds is 3. The summed E-state index contributed by atoms with van der Waals surface area (Å²) >= 11 is 1.15. The number of amides is 1. The molecule has 2 aromatic heterocycles. The lowest BCUT2D eigenvalue weighted by molar-refractivity contribution is 0.0607. The molecule has 0 aliphatic rings. The summed E-state index contributed by atoms with van der Waals surface area (Å²) in [5.74, 6) is -1.62. The van der Waals surface area contributed by atoms with E-state index in [9.17, 15) is 14.0 Å². The van der Waals surface area contributed by atoms with E-state index in [0.717, 1.165) is 11.3 Å². The predicted octanol–water partition coefficient (Wildman–Crippen LogP) is 3.98. The van der Waals surface area contributed by atoms with Crippen LogP contribution in [0.1, 0.15) is 25.8 Å². The van der Waals surface area contributed by atoms with E-state index in [1.807, 2.05) is 0 Å². The zero-order valence-electron chi connectivity index (χ0n) is 12.3. The molecule has 3 aromatic rings. The van der Waals surface area contributed by atoms with Gasteiger partial charge in [0.2, 0.25) is 0 Å². The Morgan fingerprint density at radius 1 is 1.30 bits per heavy atom. The van der Waals surface area contributed by atoms with Crippen molar-refractivity contribution in [2.24, 2.45) is 0 Å². The first kappa shape index (κ1) is 15.2. The number of benzene rings is 1. The van der Waals surface area contributed by atoms with E-state index < -0.39 is 17.7 Å². The van der Waals surface area contributed by atoms with Crippen LogP contribution in [0.5, 0.6) is 0 Å². The molecular weight excluding hydrogens is 321 g/mol. The molecule has 7 heteroatoms. The molecule has 0 spiro atoms. The van der Waals surface area contributed by atoms with Crippen molar-refractivity contribution in [3.8, 4) is 0 Å². The standard InChI is InChI=1S/C16H12FNO4S/c1-8-9-4-3-5-10(17)13(9)22-12(8)15(19)18-11-6-7-23-14(11)16(20)21-2/h3-7H,1-2H3,(H,18,19). The van der Waals surface area contributed by atoms with Crippen molar-refractivity contribution in [2.75, 3.05) is 12.4 Å². The number of aryl methyl sites for hydroxylation is 1. The lowest BCUT2D eigenvalue weighted by Gasteiger charge is -2.04. The van der Waals surface area contributed by atoms with Crippen LogP contribution in [0.3, 0.4) is 0 Å². The number of hydrogen-bond acceptors (Lipinski definition) is 5. The Bertz CT molecular complexity index is 912. The fourth-order valence-electron chi connectivity index (χ4n) is 2.26. The molecule has 0 aliphatic carbocycles. The highest BCUT2D eigenvalue weighted by Gasteiger charge is 2.22. The van der Waals surface area contributed by atoms with Crippen molar-refractivity contribution in [2.45, 2.75) is 6.92 Å². The highest BCUT2D eigenvalue weighted by Crippen LogP contribution is 2.29. The number of anilines is 1. The third-order valence-corrected chi connectivity index (χ3v) is 4.30. The monoisotopic (exact) mass is 333 g/mol. The van der Waals surface area contributed by atoms with Gasteiger partial charge in [-0.2, -0.15) is 0 Å². The van der Waals surface area contributed by atoms with Crippen molar-refractivity contribution >= 4 is 39.9 Å². The molecule has 5 nitrogen and oxygen atoms in total. The minimum Gasteiger partial charge on any atom is -0.465 e. The number of methoxy groups -OCH3 is 1. The van der Waals surface area contributed by atoms with Gasteiger partial charge in [-0.3, -0.25) is 4.79 Å². The number of carbonyl (C=O) groups is 2. The Labute approximate surface area is 134 Å². The number of ether oxygens (including phenoxy) is 1. The van der Waals surface area contributed by atoms with E-state index in [2.05, 4.69) is 10.1 Å². The van der Waals surface area contributed by atoms with Crippen molar-refractivity contribution in [1.82, 2.24) is 0 Å². The van der Waals surface area contributed by atoms with Gasteiger partial charge < -0.3 is 14.5 Å². The number of carbonyl (C=O) groups excluding carboxylic acids is 2. The minimum atomic E-state index is -0.554. The summed E-state index contributed by atoms with van der Waals surface area (Å²) in [4.78, 5) is 24.3. The first-order valence-electron chi connectivity index (χ1n) is 6.67. The van der Waals surface area contributed by atoms with Crippen LogP contribution in [0.25, 0.3) is 11.0 Å². The Balaban J connectivity index is 1.96. The molecular formula is C16H12FNO4S. The van der Waals surface area contributed by atoms with Crippen LogP contribution < -0.4 is 5.32 Å². The van der Waals surface area contributed by atoms with E-state index in [0.29, 0.717) is 16.6 Å². The average Bonchev–Trinajstić information content (AvgIpc) is 3.13. The molecule has 0 saturated carbocycles. The van der Waals surface area contributed by atoms with Crippen LogP contribution >= 0.6 is 11.3 Å². The lowest BCUT2D eigenvalue weighted by Crippen LogP contribution is -2.14. The molecule has 1 aromatic carbocycles. The molecule has 0 aliphatic heterocycles. The third kappa shape index (κ3) is 2.59. The zero-order chi connectivity index (χ0) is 16.6.